The van der Waals surface area contributed by atoms with Gasteiger partial charge in [0, 0.05) is 25.6 Å². The van der Waals surface area contributed by atoms with E-state index in [1.165, 1.54) is 0 Å². The molecule has 28 heavy (non-hydrogen) atoms. The van der Waals surface area contributed by atoms with Crippen molar-refractivity contribution >= 4 is 11.9 Å². The van der Waals surface area contributed by atoms with Gasteiger partial charge < -0.3 is 25.0 Å². The zero-order valence-electron chi connectivity index (χ0n) is 16.4. The lowest BCUT2D eigenvalue weighted by Gasteiger charge is -2.32. The lowest BCUT2D eigenvalue weighted by molar-refractivity contribution is -0.125. The highest BCUT2D eigenvalue weighted by atomic mass is 16.6. The molecule has 0 bridgehead atoms. The Bertz CT molecular complexity index is 730. The van der Waals surface area contributed by atoms with E-state index in [4.69, 9.17) is 9.47 Å². The third kappa shape index (κ3) is 3.88. The average molecular weight is 387 g/mol. The highest BCUT2D eigenvalue weighted by Gasteiger charge is 2.33. The van der Waals surface area contributed by atoms with Gasteiger partial charge in [0.15, 0.2) is 11.5 Å². The van der Waals surface area contributed by atoms with Crippen LogP contribution in [0.4, 0.5) is 4.79 Å². The number of likely N-dealkylation sites (tertiary alicyclic amines) is 1. The highest BCUT2D eigenvalue weighted by Crippen LogP contribution is 2.38. The second-order valence-corrected chi connectivity index (χ2v) is 7.87. The molecule has 0 aromatic heterocycles. The molecule has 2 heterocycles. The third-order valence-electron chi connectivity index (χ3n) is 6.14. The number of carbonyl (C=O) groups excluding carboxylic acids is 2. The van der Waals surface area contributed by atoms with Crippen molar-refractivity contribution in [1.82, 2.24) is 15.5 Å². The van der Waals surface area contributed by atoms with Crippen molar-refractivity contribution in [2.75, 3.05) is 26.8 Å². The Hall–Kier alpha value is -2.44. The van der Waals surface area contributed by atoms with E-state index < -0.39 is 0 Å². The molecule has 1 atom stereocenters. The van der Waals surface area contributed by atoms with Gasteiger partial charge in [0.1, 0.15) is 13.2 Å². The Morgan fingerprint density at radius 2 is 1.79 bits per heavy atom. The van der Waals surface area contributed by atoms with E-state index in [0.717, 1.165) is 62.1 Å². The maximum Gasteiger partial charge on any atom is 0.318 e. The lowest BCUT2D eigenvalue weighted by atomic mass is 9.85. The van der Waals surface area contributed by atoms with E-state index in [9.17, 15) is 9.59 Å². The molecule has 1 saturated carbocycles. The minimum atomic E-state index is 0.000724. The van der Waals surface area contributed by atoms with Crippen molar-refractivity contribution in [3.8, 4) is 11.5 Å². The summed E-state index contributed by atoms with van der Waals surface area (Å²) in [6.45, 7) is 1.90. The number of urea groups is 1. The van der Waals surface area contributed by atoms with Gasteiger partial charge in [-0.25, -0.2) is 4.79 Å². The monoisotopic (exact) mass is 387 g/mol. The molecule has 3 amide bonds. The molecule has 1 unspecified atom stereocenters. The molecule has 2 fully saturated rings. The van der Waals surface area contributed by atoms with Crippen LogP contribution in [0, 0.1) is 5.92 Å². The summed E-state index contributed by atoms with van der Waals surface area (Å²) in [6, 6.07) is 6.21. The lowest BCUT2D eigenvalue weighted by Crippen LogP contribution is -2.46. The summed E-state index contributed by atoms with van der Waals surface area (Å²) in [5.41, 5.74) is 1.10. The maximum atomic E-state index is 12.9. The van der Waals surface area contributed by atoms with Gasteiger partial charge in [-0.15, -0.1) is 0 Å². The minimum absolute atomic E-state index is 0.000724. The largest absolute Gasteiger partial charge is 0.486 e. The first-order chi connectivity index (χ1) is 13.7. The summed E-state index contributed by atoms with van der Waals surface area (Å²) < 4.78 is 11.3. The van der Waals surface area contributed by atoms with Crippen LogP contribution >= 0.6 is 0 Å². The molecule has 0 spiro atoms. The van der Waals surface area contributed by atoms with Crippen molar-refractivity contribution < 1.29 is 19.1 Å². The van der Waals surface area contributed by atoms with Crippen LogP contribution in [0.3, 0.4) is 0 Å². The fourth-order valence-electron chi connectivity index (χ4n) is 4.59. The van der Waals surface area contributed by atoms with Crippen LogP contribution in [-0.2, 0) is 4.79 Å². The second-order valence-electron chi connectivity index (χ2n) is 7.87. The zero-order chi connectivity index (χ0) is 19.5. The number of amides is 3. The molecular weight excluding hydrogens is 358 g/mol. The van der Waals surface area contributed by atoms with Crippen molar-refractivity contribution in [3.05, 3.63) is 23.8 Å². The smallest absolute Gasteiger partial charge is 0.318 e. The van der Waals surface area contributed by atoms with E-state index in [0.29, 0.717) is 13.2 Å². The molecule has 1 saturated heterocycles. The number of nitrogens with one attached hydrogen (secondary N) is 2. The molecule has 1 aromatic carbocycles. The van der Waals surface area contributed by atoms with Crippen LogP contribution in [0.25, 0.3) is 0 Å². The number of carbonyl (C=O) groups is 2. The fraction of sp³-hybridized carbons (Fsp3) is 0.619. The SMILES string of the molecule is CNC(=O)C1CCC(NC(=O)N2CCCC2c2ccc3c(c2)OCCO3)CC1. The predicted octanol–water partition coefficient (Wildman–Crippen LogP) is 2.61. The average Bonchev–Trinajstić information content (AvgIpc) is 3.23. The summed E-state index contributed by atoms with van der Waals surface area (Å²) in [5.74, 6) is 1.73. The second kappa shape index (κ2) is 8.29. The molecular formula is C21H29N3O4. The molecule has 0 radical (unpaired) electrons. The van der Waals surface area contributed by atoms with Gasteiger partial charge >= 0.3 is 6.03 Å². The summed E-state index contributed by atoms with van der Waals surface area (Å²) in [4.78, 5) is 26.7. The Balaban J connectivity index is 1.37. The molecule has 152 valence electrons. The van der Waals surface area contributed by atoms with E-state index in [1.54, 1.807) is 7.05 Å². The van der Waals surface area contributed by atoms with Gasteiger partial charge in [-0.2, -0.15) is 0 Å². The van der Waals surface area contributed by atoms with Crippen molar-refractivity contribution in [1.29, 1.82) is 0 Å². The van der Waals surface area contributed by atoms with Crippen LogP contribution in [0.2, 0.25) is 0 Å². The van der Waals surface area contributed by atoms with Crippen LogP contribution in [0.5, 0.6) is 11.5 Å². The number of ether oxygens (including phenoxy) is 2. The normalized spacial score (nSPS) is 26.6. The molecule has 7 nitrogen and oxygen atoms in total. The van der Waals surface area contributed by atoms with Gasteiger partial charge in [0.05, 0.1) is 6.04 Å². The van der Waals surface area contributed by atoms with E-state index >= 15 is 0 Å². The number of hydrogen-bond donors (Lipinski definition) is 2. The Morgan fingerprint density at radius 1 is 1.04 bits per heavy atom. The predicted molar refractivity (Wildman–Crippen MR) is 104 cm³/mol. The van der Waals surface area contributed by atoms with Crippen LogP contribution in [0.1, 0.15) is 50.1 Å². The quantitative estimate of drug-likeness (QED) is 0.836. The van der Waals surface area contributed by atoms with Crippen LogP contribution in [0.15, 0.2) is 18.2 Å². The van der Waals surface area contributed by atoms with Gasteiger partial charge in [0.25, 0.3) is 0 Å². The van der Waals surface area contributed by atoms with E-state index in [-0.39, 0.29) is 29.9 Å². The van der Waals surface area contributed by atoms with Gasteiger partial charge in [-0.3, -0.25) is 4.79 Å². The first-order valence-corrected chi connectivity index (χ1v) is 10.3. The Labute approximate surface area is 165 Å². The Morgan fingerprint density at radius 3 is 2.54 bits per heavy atom. The molecule has 3 aliphatic rings. The van der Waals surface area contributed by atoms with Gasteiger partial charge in [-0.1, -0.05) is 6.07 Å². The molecule has 1 aromatic rings. The zero-order valence-corrected chi connectivity index (χ0v) is 16.4. The van der Waals surface area contributed by atoms with E-state index in [2.05, 4.69) is 10.6 Å². The van der Waals surface area contributed by atoms with Crippen molar-refractivity contribution in [2.24, 2.45) is 5.92 Å². The van der Waals surface area contributed by atoms with Crippen molar-refractivity contribution in [3.63, 3.8) is 0 Å². The van der Waals surface area contributed by atoms with Crippen LogP contribution < -0.4 is 20.1 Å². The molecule has 7 heteroatoms. The highest BCUT2D eigenvalue weighted by molar-refractivity contribution is 5.78. The third-order valence-corrected chi connectivity index (χ3v) is 6.14. The molecule has 2 N–H and O–H groups in total. The minimum Gasteiger partial charge on any atom is -0.486 e. The summed E-state index contributed by atoms with van der Waals surface area (Å²) >= 11 is 0. The standard InChI is InChI=1S/C21H29N3O4/c1-22-20(25)14-4-7-16(8-5-14)23-21(26)24-10-2-3-17(24)15-6-9-18-19(13-15)28-12-11-27-18/h6,9,13-14,16-17H,2-5,7-8,10-12H2,1H3,(H,22,25)(H,23,26). The van der Waals surface area contributed by atoms with Gasteiger partial charge in [-0.05, 0) is 56.2 Å². The van der Waals surface area contributed by atoms with Crippen LogP contribution in [-0.4, -0.2) is 49.7 Å². The maximum absolute atomic E-state index is 12.9. The number of benzene rings is 1. The Kier molecular flexibility index (Phi) is 5.59. The summed E-state index contributed by atoms with van der Waals surface area (Å²) in [6.07, 6.45) is 5.32. The molecule has 2 aliphatic heterocycles. The summed E-state index contributed by atoms with van der Waals surface area (Å²) in [7, 11) is 1.68. The molecule has 4 rings (SSSR count). The summed E-state index contributed by atoms with van der Waals surface area (Å²) in [5, 5.41) is 5.93. The van der Waals surface area contributed by atoms with Gasteiger partial charge in [0.2, 0.25) is 5.91 Å². The number of hydrogen-bond acceptors (Lipinski definition) is 4. The van der Waals surface area contributed by atoms with Crippen molar-refractivity contribution in [2.45, 2.75) is 50.6 Å². The first-order valence-electron chi connectivity index (χ1n) is 10.3. The van der Waals surface area contributed by atoms with E-state index in [1.807, 2.05) is 23.1 Å². The topological polar surface area (TPSA) is 79.9 Å². The number of rotatable bonds is 3. The number of nitrogens with zero attached hydrogens (tertiary/aromatic N) is 1. The number of fused-ring (bicyclic) bond motifs is 1. The first kappa shape index (κ1) is 18.9. The fourth-order valence-corrected chi connectivity index (χ4v) is 4.59. The molecule has 1 aliphatic carbocycles.